The molecule has 1 aromatic carbocycles. The van der Waals surface area contributed by atoms with E-state index in [1.165, 1.54) is 21.3 Å². The van der Waals surface area contributed by atoms with Gasteiger partial charge >= 0.3 is 0 Å². The van der Waals surface area contributed by atoms with Crippen LogP contribution < -0.4 is 19.5 Å². The maximum absolute atomic E-state index is 12.8. The Labute approximate surface area is 161 Å². The van der Waals surface area contributed by atoms with E-state index in [-0.39, 0.29) is 5.91 Å². The summed E-state index contributed by atoms with van der Waals surface area (Å²) in [6, 6.07) is 9.14. The van der Waals surface area contributed by atoms with Gasteiger partial charge in [-0.1, -0.05) is 6.07 Å². The molecule has 1 N–H and O–H groups in total. The molecule has 3 rings (SSSR count). The standard InChI is InChI=1S/C20H20N2O4S/c1-24-16-7-6-15(18(25-2)19(16)26-3)20(23)22-11-13-5-4-9-21-17(13)14-8-10-27-12-14/h4-10,12H,11H2,1-3H3,(H,22,23). The van der Waals surface area contributed by atoms with Crippen LogP contribution in [0.5, 0.6) is 17.2 Å². The minimum Gasteiger partial charge on any atom is -0.493 e. The molecule has 0 radical (unpaired) electrons. The van der Waals surface area contributed by atoms with E-state index in [1.54, 1.807) is 29.7 Å². The number of nitrogens with one attached hydrogen (secondary N) is 1. The number of rotatable bonds is 7. The van der Waals surface area contributed by atoms with E-state index in [1.807, 2.05) is 29.0 Å². The van der Waals surface area contributed by atoms with Crippen molar-refractivity contribution in [2.24, 2.45) is 0 Å². The SMILES string of the molecule is COc1ccc(C(=O)NCc2cccnc2-c2ccsc2)c(OC)c1OC. The second-order valence-electron chi connectivity index (χ2n) is 5.59. The Hall–Kier alpha value is -3.06. The van der Waals surface area contributed by atoms with Gasteiger partial charge in [0.2, 0.25) is 5.75 Å². The van der Waals surface area contributed by atoms with Crippen molar-refractivity contribution < 1.29 is 19.0 Å². The number of hydrogen-bond donors (Lipinski definition) is 1. The summed E-state index contributed by atoms with van der Waals surface area (Å²) in [6.45, 7) is 0.343. The molecule has 0 bridgehead atoms. The molecule has 0 atom stereocenters. The molecule has 1 amide bonds. The van der Waals surface area contributed by atoms with Gasteiger partial charge in [0.15, 0.2) is 11.5 Å². The topological polar surface area (TPSA) is 69.7 Å². The lowest BCUT2D eigenvalue weighted by Gasteiger charge is -2.16. The molecule has 2 aromatic heterocycles. The Balaban J connectivity index is 1.84. The predicted octanol–water partition coefficient (Wildman–Crippen LogP) is 3.77. The number of amides is 1. The van der Waals surface area contributed by atoms with Gasteiger partial charge in [0.25, 0.3) is 5.91 Å². The van der Waals surface area contributed by atoms with Crippen LogP contribution in [0.4, 0.5) is 0 Å². The number of methoxy groups -OCH3 is 3. The highest BCUT2D eigenvalue weighted by atomic mass is 32.1. The summed E-state index contributed by atoms with van der Waals surface area (Å²) in [5.41, 5.74) is 3.20. The molecule has 3 aromatic rings. The fourth-order valence-electron chi connectivity index (χ4n) is 2.79. The Kier molecular flexibility index (Phi) is 5.93. The minimum absolute atomic E-state index is 0.270. The Morgan fingerprint density at radius 2 is 1.89 bits per heavy atom. The van der Waals surface area contributed by atoms with Gasteiger partial charge in [-0.05, 0) is 35.2 Å². The fraction of sp³-hybridized carbons (Fsp3) is 0.200. The zero-order chi connectivity index (χ0) is 19.2. The van der Waals surface area contributed by atoms with Crippen molar-refractivity contribution in [3.63, 3.8) is 0 Å². The lowest BCUT2D eigenvalue weighted by atomic mass is 10.1. The number of carbonyl (C=O) groups excluding carboxylic acids is 1. The molecule has 140 valence electrons. The number of carbonyl (C=O) groups is 1. The van der Waals surface area contributed by atoms with Crippen LogP contribution in [0, 0.1) is 0 Å². The highest BCUT2D eigenvalue weighted by Crippen LogP contribution is 2.39. The van der Waals surface area contributed by atoms with Gasteiger partial charge < -0.3 is 19.5 Å². The third kappa shape index (κ3) is 3.88. The smallest absolute Gasteiger partial charge is 0.255 e. The molecule has 7 heteroatoms. The molecule has 0 spiro atoms. The number of nitrogens with zero attached hydrogens (tertiary/aromatic N) is 1. The lowest BCUT2D eigenvalue weighted by molar-refractivity contribution is 0.0947. The van der Waals surface area contributed by atoms with Crippen molar-refractivity contribution in [3.8, 4) is 28.5 Å². The first kappa shape index (κ1) is 18.7. The summed E-state index contributed by atoms with van der Waals surface area (Å²) in [4.78, 5) is 17.2. The molecular weight excluding hydrogens is 364 g/mol. The predicted molar refractivity (Wildman–Crippen MR) is 105 cm³/mol. The first-order chi connectivity index (χ1) is 13.2. The van der Waals surface area contributed by atoms with Crippen LogP contribution in [-0.4, -0.2) is 32.2 Å². The summed E-state index contributed by atoms with van der Waals surface area (Å²) in [5, 5.41) is 6.96. The highest BCUT2D eigenvalue weighted by Gasteiger charge is 2.20. The molecule has 0 aliphatic rings. The number of thiophene rings is 1. The average molecular weight is 384 g/mol. The normalized spacial score (nSPS) is 10.3. The molecule has 0 aliphatic carbocycles. The molecule has 0 fully saturated rings. The Morgan fingerprint density at radius 1 is 1.07 bits per heavy atom. The van der Waals surface area contributed by atoms with Crippen LogP contribution in [0.15, 0.2) is 47.3 Å². The quantitative estimate of drug-likeness (QED) is 0.672. The van der Waals surface area contributed by atoms with E-state index in [9.17, 15) is 4.79 Å². The second-order valence-corrected chi connectivity index (χ2v) is 6.37. The van der Waals surface area contributed by atoms with Gasteiger partial charge in [-0.15, -0.1) is 0 Å². The van der Waals surface area contributed by atoms with Crippen molar-refractivity contribution in [1.29, 1.82) is 0 Å². The van der Waals surface area contributed by atoms with E-state index in [2.05, 4.69) is 10.3 Å². The second kappa shape index (κ2) is 8.55. The van der Waals surface area contributed by atoms with Gasteiger partial charge in [0.05, 0.1) is 32.6 Å². The number of benzene rings is 1. The average Bonchev–Trinajstić information content (AvgIpc) is 3.25. The first-order valence-electron chi connectivity index (χ1n) is 8.23. The van der Waals surface area contributed by atoms with Gasteiger partial charge in [-0.3, -0.25) is 9.78 Å². The summed E-state index contributed by atoms with van der Waals surface area (Å²) in [5.74, 6) is 0.942. The van der Waals surface area contributed by atoms with Crippen LogP contribution in [-0.2, 0) is 6.54 Å². The van der Waals surface area contributed by atoms with E-state index in [4.69, 9.17) is 14.2 Å². The van der Waals surface area contributed by atoms with E-state index in [0.717, 1.165) is 16.8 Å². The van der Waals surface area contributed by atoms with Gasteiger partial charge in [-0.25, -0.2) is 0 Å². The van der Waals surface area contributed by atoms with E-state index in [0.29, 0.717) is 29.4 Å². The van der Waals surface area contributed by atoms with Crippen molar-refractivity contribution in [1.82, 2.24) is 10.3 Å². The number of ether oxygens (including phenoxy) is 3. The van der Waals surface area contributed by atoms with Gasteiger partial charge in [-0.2, -0.15) is 11.3 Å². The highest BCUT2D eigenvalue weighted by molar-refractivity contribution is 7.08. The molecule has 27 heavy (non-hydrogen) atoms. The number of aromatic nitrogens is 1. The van der Waals surface area contributed by atoms with Crippen LogP contribution in [0.1, 0.15) is 15.9 Å². The molecule has 6 nitrogen and oxygen atoms in total. The van der Waals surface area contributed by atoms with E-state index >= 15 is 0 Å². The van der Waals surface area contributed by atoms with Crippen molar-refractivity contribution in [2.75, 3.05) is 21.3 Å². The van der Waals surface area contributed by atoms with Crippen LogP contribution in [0.2, 0.25) is 0 Å². The largest absolute Gasteiger partial charge is 0.493 e. The first-order valence-corrected chi connectivity index (χ1v) is 9.17. The maximum Gasteiger partial charge on any atom is 0.255 e. The molecule has 2 heterocycles. The minimum atomic E-state index is -0.270. The molecule has 0 saturated carbocycles. The zero-order valence-corrected chi connectivity index (χ0v) is 16.1. The molecule has 0 saturated heterocycles. The summed E-state index contributed by atoms with van der Waals surface area (Å²) in [7, 11) is 4.53. The summed E-state index contributed by atoms with van der Waals surface area (Å²) >= 11 is 1.61. The molecular formula is C20H20N2O4S. The number of hydrogen-bond acceptors (Lipinski definition) is 6. The Morgan fingerprint density at radius 3 is 2.56 bits per heavy atom. The van der Waals surface area contributed by atoms with Crippen molar-refractivity contribution >= 4 is 17.2 Å². The van der Waals surface area contributed by atoms with Crippen LogP contribution in [0.25, 0.3) is 11.3 Å². The van der Waals surface area contributed by atoms with E-state index < -0.39 is 0 Å². The maximum atomic E-state index is 12.8. The lowest BCUT2D eigenvalue weighted by Crippen LogP contribution is -2.24. The summed E-state index contributed by atoms with van der Waals surface area (Å²) in [6.07, 6.45) is 1.75. The zero-order valence-electron chi connectivity index (χ0n) is 15.3. The third-order valence-corrected chi connectivity index (χ3v) is 4.76. The van der Waals surface area contributed by atoms with Crippen LogP contribution in [0.3, 0.4) is 0 Å². The molecule has 0 aliphatic heterocycles. The van der Waals surface area contributed by atoms with Crippen LogP contribution >= 0.6 is 11.3 Å². The molecule has 0 unspecified atom stereocenters. The third-order valence-electron chi connectivity index (χ3n) is 4.07. The number of pyridine rings is 1. The summed E-state index contributed by atoms with van der Waals surface area (Å²) < 4.78 is 16.0. The monoisotopic (exact) mass is 384 g/mol. The Bertz CT molecular complexity index is 926. The van der Waals surface area contributed by atoms with Gasteiger partial charge in [0, 0.05) is 23.7 Å². The fourth-order valence-corrected chi connectivity index (χ4v) is 3.43. The van der Waals surface area contributed by atoms with Crippen molar-refractivity contribution in [2.45, 2.75) is 6.54 Å². The van der Waals surface area contributed by atoms with Gasteiger partial charge in [0.1, 0.15) is 0 Å². The van der Waals surface area contributed by atoms with Crippen molar-refractivity contribution in [3.05, 3.63) is 58.4 Å².